The van der Waals surface area contributed by atoms with Gasteiger partial charge in [0.1, 0.15) is 0 Å². The van der Waals surface area contributed by atoms with Crippen LogP contribution in [0.3, 0.4) is 0 Å². The van der Waals surface area contributed by atoms with E-state index in [4.69, 9.17) is 5.11 Å². The maximum Gasteiger partial charge on any atom is 0.313 e. The molecule has 110 valence electrons. The van der Waals surface area contributed by atoms with Crippen molar-refractivity contribution in [3.8, 4) is 0 Å². The van der Waals surface area contributed by atoms with E-state index in [-0.39, 0.29) is 12.6 Å². The van der Waals surface area contributed by atoms with Gasteiger partial charge in [0, 0.05) is 12.6 Å². The third-order valence-electron chi connectivity index (χ3n) is 2.58. The van der Waals surface area contributed by atoms with Gasteiger partial charge in [-0.3, -0.25) is 9.59 Å². The number of hydrogen-bond donors (Lipinski definition) is 3. The lowest BCUT2D eigenvalue weighted by Gasteiger charge is -2.13. The van der Waals surface area contributed by atoms with Crippen molar-refractivity contribution in [3.05, 3.63) is 29.8 Å². The van der Waals surface area contributed by atoms with Crippen molar-refractivity contribution >= 4 is 17.5 Å². The van der Waals surface area contributed by atoms with Crippen LogP contribution in [0, 0.1) is 11.6 Å². The topological polar surface area (TPSA) is 78.4 Å². The number of amides is 2. The van der Waals surface area contributed by atoms with Gasteiger partial charge in [0.05, 0.1) is 5.69 Å². The molecular formula is C13H16F2N2O3. The van der Waals surface area contributed by atoms with Gasteiger partial charge in [-0.15, -0.1) is 0 Å². The van der Waals surface area contributed by atoms with Crippen LogP contribution in [-0.4, -0.2) is 29.6 Å². The fraction of sp³-hybridized carbons (Fsp3) is 0.385. The summed E-state index contributed by atoms with van der Waals surface area (Å²) in [5, 5.41) is 13.0. The number of anilines is 1. The second kappa shape index (κ2) is 7.54. The van der Waals surface area contributed by atoms with E-state index in [9.17, 15) is 18.4 Å². The van der Waals surface area contributed by atoms with Crippen molar-refractivity contribution in [2.75, 3.05) is 11.9 Å². The normalized spacial score (nSPS) is 11.8. The molecule has 0 aliphatic carbocycles. The molecule has 1 atom stereocenters. The zero-order valence-electron chi connectivity index (χ0n) is 11.0. The Labute approximate surface area is 115 Å². The van der Waals surface area contributed by atoms with Crippen molar-refractivity contribution in [2.45, 2.75) is 25.8 Å². The summed E-state index contributed by atoms with van der Waals surface area (Å²) in [5.74, 6) is -4.36. The fourth-order valence-electron chi connectivity index (χ4n) is 1.54. The van der Waals surface area contributed by atoms with Crippen LogP contribution >= 0.6 is 0 Å². The van der Waals surface area contributed by atoms with E-state index in [0.717, 1.165) is 12.1 Å². The number of hydrogen-bond acceptors (Lipinski definition) is 3. The molecule has 1 aromatic carbocycles. The molecule has 5 nitrogen and oxygen atoms in total. The Hall–Kier alpha value is -2.02. The summed E-state index contributed by atoms with van der Waals surface area (Å²) in [6.07, 6.45) is 0.992. The molecule has 0 radical (unpaired) electrons. The van der Waals surface area contributed by atoms with Crippen LogP contribution in [-0.2, 0) is 9.59 Å². The summed E-state index contributed by atoms with van der Waals surface area (Å²) in [4.78, 5) is 23.0. The monoisotopic (exact) mass is 286 g/mol. The molecule has 20 heavy (non-hydrogen) atoms. The minimum Gasteiger partial charge on any atom is -0.396 e. The predicted octanol–water partition coefficient (Wildman–Crippen LogP) is 1.18. The van der Waals surface area contributed by atoms with Crippen molar-refractivity contribution in [3.63, 3.8) is 0 Å². The van der Waals surface area contributed by atoms with Crippen LogP contribution in [0.1, 0.15) is 19.8 Å². The highest BCUT2D eigenvalue weighted by Crippen LogP contribution is 2.16. The summed E-state index contributed by atoms with van der Waals surface area (Å²) in [6.45, 7) is 1.66. The highest BCUT2D eigenvalue weighted by molar-refractivity contribution is 6.39. The summed E-state index contributed by atoms with van der Waals surface area (Å²) in [5.41, 5.74) is -0.395. The SMILES string of the molecule is CC(CCCO)NC(=O)C(=O)Nc1cccc(F)c1F. The predicted molar refractivity (Wildman–Crippen MR) is 68.9 cm³/mol. The van der Waals surface area contributed by atoms with Crippen LogP contribution in [0.5, 0.6) is 0 Å². The maximum atomic E-state index is 13.3. The number of carbonyl (C=O) groups is 2. The van der Waals surface area contributed by atoms with E-state index in [1.165, 1.54) is 6.07 Å². The van der Waals surface area contributed by atoms with E-state index in [1.54, 1.807) is 6.92 Å². The molecule has 0 heterocycles. The van der Waals surface area contributed by atoms with Gasteiger partial charge < -0.3 is 15.7 Å². The van der Waals surface area contributed by atoms with Gasteiger partial charge in [-0.05, 0) is 31.9 Å². The van der Waals surface area contributed by atoms with Gasteiger partial charge in [0.15, 0.2) is 11.6 Å². The number of rotatable bonds is 5. The Morgan fingerprint density at radius 2 is 2.00 bits per heavy atom. The molecule has 1 aromatic rings. The Morgan fingerprint density at radius 3 is 2.65 bits per heavy atom. The van der Waals surface area contributed by atoms with Gasteiger partial charge >= 0.3 is 11.8 Å². The lowest BCUT2D eigenvalue weighted by Crippen LogP contribution is -2.40. The molecule has 2 amide bonds. The molecule has 7 heteroatoms. The van der Waals surface area contributed by atoms with E-state index in [2.05, 4.69) is 5.32 Å². The Morgan fingerprint density at radius 1 is 1.30 bits per heavy atom. The van der Waals surface area contributed by atoms with Crippen molar-refractivity contribution < 1.29 is 23.5 Å². The van der Waals surface area contributed by atoms with Gasteiger partial charge in [-0.2, -0.15) is 0 Å². The first-order valence-electron chi connectivity index (χ1n) is 6.12. The third kappa shape index (κ3) is 4.58. The van der Waals surface area contributed by atoms with Crippen molar-refractivity contribution in [2.24, 2.45) is 0 Å². The molecule has 0 aromatic heterocycles. The molecule has 0 fully saturated rings. The highest BCUT2D eigenvalue weighted by atomic mass is 19.2. The summed E-state index contributed by atoms with van der Waals surface area (Å²) in [6, 6.07) is 2.97. The number of aliphatic hydroxyl groups excluding tert-OH is 1. The quantitative estimate of drug-likeness (QED) is 0.711. The molecule has 1 unspecified atom stereocenters. The first-order valence-corrected chi connectivity index (χ1v) is 6.12. The molecule has 1 rings (SSSR count). The van der Waals surface area contributed by atoms with E-state index < -0.39 is 29.1 Å². The second-order valence-electron chi connectivity index (χ2n) is 4.30. The first-order chi connectivity index (χ1) is 9.45. The number of halogens is 2. The Kier molecular flexibility index (Phi) is 6.05. The highest BCUT2D eigenvalue weighted by Gasteiger charge is 2.18. The average molecular weight is 286 g/mol. The van der Waals surface area contributed by atoms with E-state index in [0.29, 0.717) is 12.8 Å². The molecule has 0 aliphatic heterocycles. The average Bonchev–Trinajstić information content (AvgIpc) is 2.41. The number of carbonyl (C=O) groups excluding carboxylic acids is 2. The Balaban J connectivity index is 2.58. The van der Waals surface area contributed by atoms with Crippen LogP contribution in [0.2, 0.25) is 0 Å². The number of nitrogens with one attached hydrogen (secondary N) is 2. The van der Waals surface area contributed by atoms with Crippen LogP contribution < -0.4 is 10.6 Å². The van der Waals surface area contributed by atoms with E-state index in [1.807, 2.05) is 5.32 Å². The minimum atomic E-state index is -1.22. The summed E-state index contributed by atoms with van der Waals surface area (Å²) >= 11 is 0. The van der Waals surface area contributed by atoms with Crippen molar-refractivity contribution in [1.82, 2.24) is 5.32 Å². The molecule has 0 bridgehead atoms. The molecule has 0 saturated carbocycles. The summed E-state index contributed by atoms with van der Waals surface area (Å²) in [7, 11) is 0. The van der Waals surface area contributed by atoms with Crippen molar-refractivity contribution in [1.29, 1.82) is 0 Å². The zero-order valence-corrected chi connectivity index (χ0v) is 11.0. The van der Waals surface area contributed by atoms with Gasteiger partial charge in [-0.25, -0.2) is 8.78 Å². The first kappa shape index (κ1) is 16.0. The van der Waals surface area contributed by atoms with Crippen LogP contribution in [0.15, 0.2) is 18.2 Å². The fourth-order valence-corrected chi connectivity index (χ4v) is 1.54. The maximum absolute atomic E-state index is 13.3. The lowest BCUT2D eigenvalue weighted by atomic mass is 10.2. The molecule has 0 spiro atoms. The lowest BCUT2D eigenvalue weighted by molar-refractivity contribution is -0.136. The zero-order chi connectivity index (χ0) is 15.1. The van der Waals surface area contributed by atoms with Crippen LogP contribution in [0.25, 0.3) is 0 Å². The van der Waals surface area contributed by atoms with Crippen LogP contribution in [0.4, 0.5) is 14.5 Å². The summed E-state index contributed by atoms with van der Waals surface area (Å²) < 4.78 is 26.2. The molecule has 0 saturated heterocycles. The molecule has 0 aliphatic rings. The largest absolute Gasteiger partial charge is 0.396 e. The standard InChI is InChI=1S/C13H16F2N2O3/c1-8(4-3-7-18)16-12(19)13(20)17-10-6-2-5-9(14)11(10)15/h2,5-6,8,18H,3-4,7H2,1H3,(H,16,19)(H,17,20). The third-order valence-corrected chi connectivity index (χ3v) is 2.58. The second-order valence-corrected chi connectivity index (χ2v) is 4.30. The number of aliphatic hydroxyl groups is 1. The Bertz CT molecular complexity index is 495. The number of benzene rings is 1. The smallest absolute Gasteiger partial charge is 0.313 e. The van der Waals surface area contributed by atoms with Gasteiger partial charge in [-0.1, -0.05) is 6.07 Å². The molecule has 3 N–H and O–H groups in total. The van der Waals surface area contributed by atoms with Gasteiger partial charge in [0.25, 0.3) is 0 Å². The molecular weight excluding hydrogens is 270 g/mol. The minimum absolute atomic E-state index is 0.0130. The van der Waals surface area contributed by atoms with E-state index >= 15 is 0 Å². The van der Waals surface area contributed by atoms with Gasteiger partial charge in [0.2, 0.25) is 0 Å².